The highest BCUT2D eigenvalue weighted by Crippen LogP contribution is 2.25. The molecular formula is C25H26FN3O4S. The monoisotopic (exact) mass is 483 g/mol. The van der Waals surface area contributed by atoms with Crippen molar-refractivity contribution in [1.82, 2.24) is 14.6 Å². The van der Waals surface area contributed by atoms with Gasteiger partial charge in [0.2, 0.25) is 15.9 Å². The molecule has 0 aliphatic carbocycles. The largest absolute Gasteiger partial charge is 0.453 e. The molecule has 3 aromatic rings. The van der Waals surface area contributed by atoms with Gasteiger partial charge in [-0.05, 0) is 53.6 Å². The van der Waals surface area contributed by atoms with Crippen molar-refractivity contribution in [2.24, 2.45) is 0 Å². The Morgan fingerprint density at radius 2 is 1.85 bits per heavy atom. The molecular weight excluding hydrogens is 457 g/mol. The zero-order valence-corrected chi connectivity index (χ0v) is 19.8. The molecule has 0 radical (unpaired) electrons. The average molecular weight is 484 g/mol. The van der Waals surface area contributed by atoms with Crippen molar-refractivity contribution in [3.05, 3.63) is 90.0 Å². The topological polar surface area (TPSA) is 88.6 Å². The van der Waals surface area contributed by atoms with Crippen molar-refractivity contribution in [3.8, 4) is 11.5 Å². The van der Waals surface area contributed by atoms with Crippen molar-refractivity contribution in [1.29, 1.82) is 0 Å². The summed E-state index contributed by atoms with van der Waals surface area (Å²) in [6.45, 7) is 4.59. The number of amides is 1. The fourth-order valence-electron chi connectivity index (χ4n) is 3.15. The summed E-state index contributed by atoms with van der Waals surface area (Å²) in [6, 6.07) is 14.1. The molecule has 0 saturated heterocycles. The van der Waals surface area contributed by atoms with E-state index < -0.39 is 15.8 Å². The number of benzene rings is 2. The highest BCUT2D eigenvalue weighted by Gasteiger charge is 2.21. The number of aromatic nitrogens is 1. The maximum Gasteiger partial charge on any atom is 0.244 e. The van der Waals surface area contributed by atoms with Crippen molar-refractivity contribution in [2.75, 3.05) is 13.1 Å². The maximum atomic E-state index is 14.3. The molecule has 0 aliphatic rings. The minimum atomic E-state index is -3.52. The van der Waals surface area contributed by atoms with E-state index >= 15 is 0 Å². The molecule has 178 valence electrons. The summed E-state index contributed by atoms with van der Waals surface area (Å²) >= 11 is 0. The van der Waals surface area contributed by atoms with Gasteiger partial charge in [0.25, 0.3) is 0 Å². The van der Waals surface area contributed by atoms with E-state index in [1.165, 1.54) is 46.9 Å². The van der Waals surface area contributed by atoms with E-state index in [2.05, 4.69) is 10.3 Å². The van der Waals surface area contributed by atoms with Gasteiger partial charge in [-0.25, -0.2) is 12.8 Å². The third-order valence-electron chi connectivity index (χ3n) is 4.98. The molecule has 1 heterocycles. The van der Waals surface area contributed by atoms with Crippen LogP contribution in [0.5, 0.6) is 11.5 Å². The van der Waals surface area contributed by atoms with Crippen LogP contribution in [0.2, 0.25) is 0 Å². The molecule has 2 aromatic carbocycles. The van der Waals surface area contributed by atoms with Gasteiger partial charge in [0.05, 0.1) is 11.1 Å². The van der Waals surface area contributed by atoms with E-state index in [4.69, 9.17) is 4.74 Å². The Hall–Kier alpha value is -3.56. The molecule has 0 unspecified atom stereocenters. The van der Waals surface area contributed by atoms with Crippen molar-refractivity contribution in [3.63, 3.8) is 0 Å². The van der Waals surface area contributed by atoms with Gasteiger partial charge in [-0.15, -0.1) is 0 Å². The van der Waals surface area contributed by atoms with Crippen LogP contribution in [0.25, 0.3) is 6.08 Å². The van der Waals surface area contributed by atoms with Gasteiger partial charge in [-0.3, -0.25) is 9.78 Å². The van der Waals surface area contributed by atoms with E-state index in [1.54, 1.807) is 50.4 Å². The first-order chi connectivity index (χ1) is 16.3. The van der Waals surface area contributed by atoms with Crippen molar-refractivity contribution >= 4 is 22.0 Å². The molecule has 0 atom stereocenters. The number of carbonyl (C=O) groups excluding carboxylic acids is 1. The number of halogens is 1. The van der Waals surface area contributed by atoms with Crippen LogP contribution < -0.4 is 10.1 Å². The van der Waals surface area contributed by atoms with Gasteiger partial charge in [-0.2, -0.15) is 4.31 Å². The van der Waals surface area contributed by atoms with Crippen LogP contribution in [0, 0.1) is 5.82 Å². The Morgan fingerprint density at radius 1 is 1.12 bits per heavy atom. The maximum absolute atomic E-state index is 14.3. The van der Waals surface area contributed by atoms with Crippen molar-refractivity contribution in [2.45, 2.75) is 25.3 Å². The Balaban J connectivity index is 1.55. The molecule has 7 nitrogen and oxygen atoms in total. The minimum Gasteiger partial charge on any atom is -0.453 e. The first-order valence-corrected chi connectivity index (χ1v) is 12.2. The van der Waals surface area contributed by atoms with Crippen LogP contribution in [0.4, 0.5) is 4.39 Å². The van der Waals surface area contributed by atoms with Gasteiger partial charge >= 0.3 is 0 Å². The number of hydrogen-bond acceptors (Lipinski definition) is 5. The lowest BCUT2D eigenvalue weighted by Gasteiger charge is -2.18. The third kappa shape index (κ3) is 6.49. The first kappa shape index (κ1) is 25.1. The number of pyridine rings is 1. The zero-order valence-electron chi connectivity index (χ0n) is 18.9. The molecule has 0 bridgehead atoms. The second kappa shape index (κ2) is 11.5. The van der Waals surface area contributed by atoms with E-state index in [1.807, 2.05) is 0 Å². The lowest BCUT2D eigenvalue weighted by Crippen LogP contribution is -2.30. The average Bonchev–Trinajstić information content (AvgIpc) is 2.84. The highest BCUT2D eigenvalue weighted by atomic mass is 32.2. The fourth-order valence-corrected chi connectivity index (χ4v) is 4.61. The molecule has 0 fully saturated rings. The second-order valence-electron chi connectivity index (χ2n) is 7.27. The molecule has 0 aliphatic heterocycles. The Bertz CT molecular complexity index is 1240. The SMILES string of the molecule is CCN(CC)S(=O)(=O)c1ccc(CNC(=O)/C=C/c2ccc(Oc3cccnc3)c(F)c2)cc1. The summed E-state index contributed by atoms with van der Waals surface area (Å²) < 4.78 is 46.2. The molecule has 1 aromatic heterocycles. The number of sulfonamides is 1. The van der Waals surface area contributed by atoms with E-state index in [0.29, 0.717) is 24.4 Å². The third-order valence-corrected chi connectivity index (χ3v) is 7.04. The molecule has 3 rings (SSSR count). The number of nitrogens with one attached hydrogen (secondary N) is 1. The summed E-state index contributed by atoms with van der Waals surface area (Å²) in [7, 11) is -3.52. The van der Waals surface area contributed by atoms with Crippen LogP contribution in [0.15, 0.2) is 78.0 Å². The van der Waals surface area contributed by atoms with E-state index in [0.717, 1.165) is 5.56 Å². The van der Waals surface area contributed by atoms with Crippen LogP contribution >= 0.6 is 0 Å². The van der Waals surface area contributed by atoms with Crippen LogP contribution in [0.1, 0.15) is 25.0 Å². The molecule has 9 heteroatoms. The Morgan fingerprint density at radius 3 is 2.47 bits per heavy atom. The smallest absolute Gasteiger partial charge is 0.244 e. The number of nitrogens with zero attached hydrogens (tertiary/aromatic N) is 2. The van der Waals surface area contributed by atoms with Gasteiger partial charge in [0, 0.05) is 31.9 Å². The van der Waals surface area contributed by atoms with E-state index in [-0.39, 0.29) is 23.1 Å². The number of carbonyl (C=O) groups is 1. The second-order valence-corrected chi connectivity index (χ2v) is 9.20. The lowest BCUT2D eigenvalue weighted by atomic mass is 10.2. The predicted octanol–water partition coefficient (Wildman–Crippen LogP) is 4.37. The Labute approximate surface area is 199 Å². The molecule has 34 heavy (non-hydrogen) atoms. The summed E-state index contributed by atoms with van der Waals surface area (Å²) in [5.41, 5.74) is 1.25. The van der Waals surface area contributed by atoms with Gasteiger partial charge < -0.3 is 10.1 Å². The van der Waals surface area contributed by atoms with Gasteiger partial charge in [0.1, 0.15) is 5.75 Å². The standard InChI is InChI=1S/C25H26FN3O4S/c1-3-29(4-2)34(31,32)22-11-7-20(8-12-22)17-28-25(30)14-10-19-9-13-24(23(26)16-19)33-21-6-5-15-27-18-21/h5-16,18H,3-4,17H2,1-2H3,(H,28,30)/b14-10+. The number of ether oxygens (including phenoxy) is 1. The van der Waals surface area contributed by atoms with E-state index in [9.17, 15) is 17.6 Å². The molecule has 0 saturated carbocycles. The minimum absolute atomic E-state index is 0.0565. The summed E-state index contributed by atoms with van der Waals surface area (Å²) in [5.74, 6) is -0.453. The predicted molar refractivity (Wildman–Crippen MR) is 128 cm³/mol. The Kier molecular flexibility index (Phi) is 8.50. The fraction of sp³-hybridized carbons (Fsp3) is 0.200. The zero-order chi connectivity index (χ0) is 24.6. The summed E-state index contributed by atoms with van der Waals surface area (Å²) in [5, 5.41) is 2.72. The van der Waals surface area contributed by atoms with Crippen molar-refractivity contribution < 1.29 is 22.3 Å². The highest BCUT2D eigenvalue weighted by molar-refractivity contribution is 7.89. The molecule has 1 N–H and O–H groups in total. The quantitative estimate of drug-likeness (QED) is 0.433. The summed E-state index contributed by atoms with van der Waals surface area (Å²) in [4.78, 5) is 16.3. The number of rotatable bonds is 10. The number of hydrogen-bond donors (Lipinski definition) is 1. The van der Waals surface area contributed by atoms with Crippen LogP contribution in [0.3, 0.4) is 0 Å². The summed E-state index contributed by atoms with van der Waals surface area (Å²) in [6.07, 6.45) is 5.87. The lowest BCUT2D eigenvalue weighted by molar-refractivity contribution is -0.116. The first-order valence-electron chi connectivity index (χ1n) is 10.8. The van der Waals surface area contributed by atoms with Crippen LogP contribution in [-0.2, 0) is 21.4 Å². The normalized spacial score (nSPS) is 11.6. The van der Waals surface area contributed by atoms with Crippen LogP contribution in [-0.4, -0.2) is 36.7 Å². The van der Waals surface area contributed by atoms with Gasteiger partial charge in [-0.1, -0.05) is 32.0 Å². The molecule has 1 amide bonds. The van der Waals surface area contributed by atoms with Gasteiger partial charge in [0.15, 0.2) is 11.6 Å². The molecule has 0 spiro atoms.